The molecule has 92 valence electrons. The number of aliphatic carboxylic acids is 1. The molecule has 0 aromatic rings. The van der Waals surface area contributed by atoms with Gasteiger partial charge in [-0.25, -0.2) is 0 Å². The van der Waals surface area contributed by atoms with E-state index in [0.717, 1.165) is 6.42 Å². The van der Waals surface area contributed by atoms with E-state index in [1.54, 1.807) is 0 Å². The van der Waals surface area contributed by atoms with Crippen LogP contribution in [0.5, 0.6) is 0 Å². The number of hydrogen-bond acceptors (Lipinski definition) is 4. The molecule has 0 unspecified atom stereocenters. The van der Waals surface area contributed by atoms with Gasteiger partial charge in [0.25, 0.3) is 6.47 Å². The first-order valence-corrected chi connectivity index (χ1v) is 5.55. The van der Waals surface area contributed by atoms with Gasteiger partial charge in [-0.05, 0) is 18.8 Å². The van der Waals surface area contributed by atoms with E-state index in [1.807, 2.05) is 0 Å². The van der Waals surface area contributed by atoms with Gasteiger partial charge in [-0.3, -0.25) is 14.4 Å². The van der Waals surface area contributed by atoms with Crippen molar-refractivity contribution in [1.29, 1.82) is 0 Å². The van der Waals surface area contributed by atoms with E-state index in [4.69, 9.17) is 4.74 Å². The lowest BCUT2D eigenvalue weighted by Crippen LogP contribution is -2.60. The Morgan fingerprint density at radius 1 is 1.65 bits per heavy atom. The Balaban J connectivity index is 2.34. The molecule has 0 heterocycles. The summed E-state index contributed by atoms with van der Waals surface area (Å²) in [6.45, 7) is 3.70. The lowest BCUT2D eigenvalue weighted by Gasteiger charge is -2.50. The van der Waals surface area contributed by atoms with Gasteiger partial charge in [0.2, 0.25) is 0 Å². The Labute approximate surface area is 98.4 Å². The average molecular weight is 238 g/mol. The summed E-state index contributed by atoms with van der Waals surface area (Å²) < 4.78 is 4.78. The van der Waals surface area contributed by atoms with Crippen LogP contribution in [0.25, 0.3) is 0 Å². The Hall–Kier alpha value is -1.65. The summed E-state index contributed by atoms with van der Waals surface area (Å²) in [7, 11) is 0. The summed E-state index contributed by atoms with van der Waals surface area (Å²) in [5, 5.41) is 9.38. The smallest absolute Gasteiger partial charge is 0.314 e. The highest BCUT2D eigenvalue weighted by molar-refractivity contribution is 5.93. The number of carboxylic acid groups (broad SMARTS) is 1. The number of fused-ring (bicyclic) bond motifs is 1. The fourth-order valence-electron chi connectivity index (χ4n) is 3.32. The average Bonchev–Trinajstić information content (AvgIpc) is 2.53. The summed E-state index contributed by atoms with van der Waals surface area (Å²) >= 11 is 0. The molecule has 2 aliphatic rings. The molecule has 0 amide bonds. The molecular weight excluding hydrogens is 224 g/mol. The number of ketones is 1. The third-order valence-corrected chi connectivity index (χ3v) is 4.06. The minimum absolute atomic E-state index is 0.0370. The number of carbonyl (C=O) groups excluding carboxylic acids is 2. The largest absolute Gasteiger partial charge is 0.481 e. The lowest BCUT2D eigenvalue weighted by molar-refractivity contribution is -0.186. The number of hydrogen-bond donors (Lipinski definition) is 1. The predicted molar refractivity (Wildman–Crippen MR) is 57.0 cm³/mol. The Morgan fingerprint density at radius 2 is 2.35 bits per heavy atom. The van der Waals surface area contributed by atoms with Gasteiger partial charge in [-0.15, -0.1) is 0 Å². The third kappa shape index (κ3) is 1.41. The Morgan fingerprint density at radius 3 is 2.82 bits per heavy atom. The van der Waals surface area contributed by atoms with Gasteiger partial charge in [0.15, 0.2) is 0 Å². The van der Waals surface area contributed by atoms with E-state index in [0.29, 0.717) is 12.8 Å². The second kappa shape index (κ2) is 3.98. The van der Waals surface area contributed by atoms with Crippen LogP contribution in [0.1, 0.15) is 19.3 Å². The molecule has 5 heteroatoms. The summed E-state index contributed by atoms with van der Waals surface area (Å²) in [6, 6.07) is 0. The van der Waals surface area contributed by atoms with Gasteiger partial charge in [0, 0.05) is 12.3 Å². The van der Waals surface area contributed by atoms with Crippen LogP contribution in [0.15, 0.2) is 12.7 Å². The van der Waals surface area contributed by atoms with E-state index in [-0.39, 0.29) is 18.2 Å². The number of Topliss-reactive ketones (excluding diaryl/α,β-unsaturated/α-hetero) is 1. The summed E-state index contributed by atoms with van der Waals surface area (Å²) in [6.07, 6.45) is 1.91. The molecule has 2 fully saturated rings. The lowest BCUT2D eigenvalue weighted by atomic mass is 9.52. The standard InChI is InChI=1S/C12H14O5/c1-2-9(17-6-13)12(11(15)16)5-7-3-4-8(14)10(7)12/h2,6-7,9-10H,1,3-5H2,(H,15,16)/t7-,9+,10+,12-/m0/s1. The third-order valence-electron chi connectivity index (χ3n) is 4.06. The molecule has 0 spiro atoms. The van der Waals surface area contributed by atoms with Crippen molar-refractivity contribution in [2.75, 3.05) is 0 Å². The van der Waals surface area contributed by atoms with Crippen molar-refractivity contribution in [3.8, 4) is 0 Å². The van der Waals surface area contributed by atoms with Crippen LogP contribution >= 0.6 is 0 Å². The topological polar surface area (TPSA) is 80.7 Å². The zero-order valence-corrected chi connectivity index (χ0v) is 9.30. The van der Waals surface area contributed by atoms with Crippen molar-refractivity contribution >= 4 is 18.2 Å². The SMILES string of the molecule is C=C[C@@H](OC=O)[C@@]1(C(=O)O)C[C@@H]2CCC(=O)[C@@H]21. The normalized spacial score (nSPS) is 36.6. The molecule has 0 saturated heterocycles. The quantitative estimate of drug-likeness (QED) is 0.565. The van der Waals surface area contributed by atoms with E-state index in [1.165, 1.54) is 6.08 Å². The van der Waals surface area contributed by atoms with Crippen LogP contribution in [0, 0.1) is 17.3 Å². The number of carboxylic acids is 1. The monoisotopic (exact) mass is 238 g/mol. The van der Waals surface area contributed by atoms with Crippen molar-refractivity contribution in [3.63, 3.8) is 0 Å². The predicted octanol–water partition coefficient (Wildman–Crippen LogP) is 0.784. The van der Waals surface area contributed by atoms with Crippen LogP contribution in [0.2, 0.25) is 0 Å². The van der Waals surface area contributed by atoms with Crippen molar-refractivity contribution in [1.82, 2.24) is 0 Å². The van der Waals surface area contributed by atoms with Gasteiger partial charge in [-0.1, -0.05) is 12.7 Å². The first-order valence-electron chi connectivity index (χ1n) is 5.55. The number of carbonyl (C=O) groups is 3. The molecule has 17 heavy (non-hydrogen) atoms. The molecule has 5 nitrogen and oxygen atoms in total. The van der Waals surface area contributed by atoms with Crippen LogP contribution in [-0.4, -0.2) is 29.4 Å². The van der Waals surface area contributed by atoms with Crippen LogP contribution in [0.3, 0.4) is 0 Å². The summed E-state index contributed by atoms with van der Waals surface area (Å²) in [5.74, 6) is -1.52. The van der Waals surface area contributed by atoms with Gasteiger partial charge >= 0.3 is 5.97 Å². The van der Waals surface area contributed by atoms with Crippen molar-refractivity contribution < 1.29 is 24.2 Å². The zero-order chi connectivity index (χ0) is 12.6. The van der Waals surface area contributed by atoms with Crippen LogP contribution in [0.4, 0.5) is 0 Å². The van der Waals surface area contributed by atoms with Gasteiger partial charge in [0.1, 0.15) is 17.3 Å². The Bertz CT molecular complexity index is 388. The zero-order valence-electron chi connectivity index (χ0n) is 9.30. The molecule has 0 aromatic carbocycles. The molecule has 4 atom stereocenters. The van der Waals surface area contributed by atoms with Crippen molar-refractivity contribution in [3.05, 3.63) is 12.7 Å². The maximum Gasteiger partial charge on any atom is 0.314 e. The molecule has 0 radical (unpaired) electrons. The van der Waals surface area contributed by atoms with Gasteiger partial charge in [-0.2, -0.15) is 0 Å². The molecule has 0 aliphatic heterocycles. The molecular formula is C12H14O5. The molecule has 0 aromatic heterocycles. The van der Waals surface area contributed by atoms with Gasteiger partial charge in [0.05, 0.1) is 0 Å². The molecule has 2 aliphatic carbocycles. The first-order chi connectivity index (χ1) is 8.07. The minimum Gasteiger partial charge on any atom is -0.481 e. The van der Waals surface area contributed by atoms with E-state index >= 15 is 0 Å². The highest BCUT2D eigenvalue weighted by atomic mass is 16.5. The highest BCUT2D eigenvalue weighted by Gasteiger charge is 2.67. The summed E-state index contributed by atoms with van der Waals surface area (Å²) in [5.41, 5.74) is -1.29. The van der Waals surface area contributed by atoms with E-state index < -0.39 is 23.4 Å². The summed E-state index contributed by atoms with van der Waals surface area (Å²) in [4.78, 5) is 33.6. The van der Waals surface area contributed by atoms with Crippen LogP contribution in [-0.2, 0) is 19.1 Å². The van der Waals surface area contributed by atoms with Crippen molar-refractivity contribution in [2.45, 2.75) is 25.4 Å². The van der Waals surface area contributed by atoms with Gasteiger partial charge < -0.3 is 9.84 Å². The number of rotatable bonds is 5. The van der Waals surface area contributed by atoms with Crippen molar-refractivity contribution in [2.24, 2.45) is 17.3 Å². The second-order valence-corrected chi connectivity index (χ2v) is 4.68. The Kier molecular flexibility index (Phi) is 2.77. The maximum atomic E-state index is 11.7. The fourth-order valence-corrected chi connectivity index (χ4v) is 3.32. The number of ether oxygens (including phenoxy) is 1. The van der Waals surface area contributed by atoms with E-state index in [9.17, 15) is 19.5 Å². The molecule has 2 rings (SSSR count). The highest BCUT2D eigenvalue weighted by Crippen LogP contribution is 2.60. The molecule has 1 N–H and O–H groups in total. The molecule has 0 bridgehead atoms. The maximum absolute atomic E-state index is 11.7. The molecule has 2 saturated carbocycles. The van der Waals surface area contributed by atoms with E-state index in [2.05, 4.69) is 6.58 Å². The second-order valence-electron chi connectivity index (χ2n) is 4.68. The minimum atomic E-state index is -1.29. The first kappa shape index (κ1) is 11.8. The fraction of sp³-hybridized carbons (Fsp3) is 0.583. The van der Waals surface area contributed by atoms with Crippen LogP contribution < -0.4 is 0 Å².